The fraction of sp³-hybridized carbons (Fsp3) is 0.111. The second-order valence-corrected chi connectivity index (χ2v) is 5.66. The molecule has 0 amide bonds. The number of benzene rings is 2. The van der Waals surface area contributed by atoms with Gasteiger partial charge in [0.25, 0.3) is 0 Å². The lowest BCUT2D eigenvalue weighted by atomic mass is 10.1. The first-order valence-electron chi connectivity index (χ1n) is 7.34. The van der Waals surface area contributed by atoms with Gasteiger partial charge in [0.1, 0.15) is 0 Å². The van der Waals surface area contributed by atoms with Gasteiger partial charge in [-0.15, -0.1) is 0 Å². The lowest BCUT2D eigenvalue weighted by Crippen LogP contribution is -2.12. The van der Waals surface area contributed by atoms with Crippen LogP contribution in [-0.4, -0.2) is 29.3 Å². The Morgan fingerprint density at radius 2 is 1.60 bits per heavy atom. The SMILES string of the molecule is COc1cc(-c2cc(-c3ccc(Cl)cc3)nc(=O)[nH]2)cc(OC)c1O. The molecule has 0 radical (unpaired) electrons. The molecule has 0 bridgehead atoms. The Labute approximate surface area is 148 Å². The number of methoxy groups -OCH3 is 2. The predicted molar refractivity (Wildman–Crippen MR) is 95.5 cm³/mol. The Hall–Kier alpha value is -2.99. The van der Waals surface area contributed by atoms with Gasteiger partial charge < -0.3 is 19.6 Å². The molecule has 0 atom stereocenters. The minimum absolute atomic E-state index is 0.108. The molecule has 0 fully saturated rings. The van der Waals surface area contributed by atoms with Crippen LogP contribution in [0.5, 0.6) is 17.2 Å². The highest BCUT2D eigenvalue weighted by molar-refractivity contribution is 6.30. The summed E-state index contributed by atoms with van der Waals surface area (Å²) in [5, 5.41) is 10.6. The lowest BCUT2D eigenvalue weighted by Gasteiger charge is -2.12. The molecule has 128 valence electrons. The molecule has 3 rings (SSSR count). The van der Waals surface area contributed by atoms with Gasteiger partial charge in [0.2, 0.25) is 5.75 Å². The van der Waals surface area contributed by atoms with E-state index in [0.717, 1.165) is 5.56 Å². The number of nitrogens with one attached hydrogen (secondary N) is 1. The molecule has 0 spiro atoms. The van der Waals surface area contributed by atoms with E-state index in [1.54, 1.807) is 42.5 Å². The van der Waals surface area contributed by atoms with Crippen molar-refractivity contribution in [3.05, 3.63) is 58.0 Å². The molecule has 3 aromatic rings. The van der Waals surface area contributed by atoms with Gasteiger partial charge in [0.15, 0.2) is 11.5 Å². The molecule has 0 aliphatic rings. The van der Waals surface area contributed by atoms with Crippen LogP contribution in [0, 0.1) is 0 Å². The quantitative estimate of drug-likeness (QED) is 0.745. The van der Waals surface area contributed by atoms with Crippen LogP contribution in [0.25, 0.3) is 22.5 Å². The summed E-state index contributed by atoms with van der Waals surface area (Å²) in [6.45, 7) is 0. The average molecular weight is 359 g/mol. The van der Waals surface area contributed by atoms with Gasteiger partial charge in [-0.3, -0.25) is 0 Å². The maximum atomic E-state index is 12.0. The summed E-state index contributed by atoms with van der Waals surface area (Å²) < 4.78 is 10.3. The number of aromatic nitrogens is 2. The van der Waals surface area contributed by atoms with Crippen molar-refractivity contribution in [1.29, 1.82) is 0 Å². The molecule has 0 aliphatic carbocycles. The van der Waals surface area contributed by atoms with E-state index < -0.39 is 5.69 Å². The van der Waals surface area contributed by atoms with E-state index in [0.29, 0.717) is 22.0 Å². The fourth-order valence-electron chi connectivity index (χ4n) is 2.43. The van der Waals surface area contributed by atoms with Crippen molar-refractivity contribution in [3.8, 4) is 39.8 Å². The van der Waals surface area contributed by atoms with Crippen molar-refractivity contribution < 1.29 is 14.6 Å². The maximum absolute atomic E-state index is 12.0. The number of phenols is 1. The third-order valence-corrected chi connectivity index (χ3v) is 3.93. The van der Waals surface area contributed by atoms with Gasteiger partial charge >= 0.3 is 5.69 Å². The second kappa shape index (κ2) is 6.86. The Bertz CT molecular complexity index is 943. The number of halogens is 1. The van der Waals surface area contributed by atoms with Crippen LogP contribution in [0.1, 0.15) is 0 Å². The van der Waals surface area contributed by atoms with Gasteiger partial charge in [0.05, 0.1) is 25.6 Å². The van der Waals surface area contributed by atoms with Crippen molar-refractivity contribution in [2.45, 2.75) is 0 Å². The van der Waals surface area contributed by atoms with Crippen LogP contribution in [0.2, 0.25) is 5.02 Å². The number of ether oxygens (including phenoxy) is 2. The van der Waals surface area contributed by atoms with Crippen molar-refractivity contribution in [2.24, 2.45) is 0 Å². The standard InChI is InChI=1S/C18H15ClN2O4/c1-24-15-7-11(8-16(25-2)17(15)22)14-9-13(20-18(23)21-14)10-3-5-12(19)6-4-10/h3-9,22H,1-2H3,(H,20,21,23). The van der Waals surface area contributed by atoms with Crippen LogP contribution < -0.4 is 15.2 Å². The zero-order valence-electron chi connectivity index (χ0n) is 13.5. The zero-order valence-corrected chi connectivity index (χ0v) is 14.3. The van der Waals surface area contributed by atoms with E-state index in [2.05, 4.69) is 9.97 Å². The summed E-state index contributed by atoms with van der Waals surface area (Å²) in [4.78, 5) is 18.7. The molecule has 25 heavy (non-hydrogen) atoms. The monoisotopic (exact) mass is 358 g/mol. The first kappa shape index (κ1) is 16.9. The molecular formula is C18H15ClN2O4. The van der Waals surface area contributed by atoms with Crippen molar-refractivity contribution in [2.75, 3.05) is 14.2 Å². The second-order valence-electron chi connectivity index (χ2n) is 5.22. The Morgan fingerprint density at radius 1 is 1.00 bits per heavy atom. The summed E-state index contributed by atoms with van der Waals surface area (Å²) in [7, 11) is 2.87. The van der Waals surface area contributed by atoms with Crippen LogP contribution >= 0.6 is 11.6 Å². The Balaban J connectivity index is 2.15. The minimum atomic E-state index is -0.492. The zero-order chi connectivity index (χ0) is 18.0. The maximum Gasteiger partial charge on any atom is 0.345 e. The third-order valence-electron chi connectivity index (χ3n) is 3.68. The number of aromatic amines is 1. The van der Waals surface area contributed by atoms with Crippen LogP contribution in [-0.2, 0) is 0 Å². The number of hydrogen-bond acceptors (Lipinski definition) is 5. The number of nitrogens with zero attached hydrogens (tertiary/aromatic N) is 1. The minimum Gasteiger partial charge on any atom is -0.502 e. The van der Waals surface area contributed by atoms with Crippen molar-refractivity contribution in [1.82, 2.24) is 9.97 Å². The van der Waals surface area contributed by atoms with Crippen LogP contribution in [0.3, 0.4) is 0 Å². The summed E-state index contributed by atoms with van der Waals surface area (Å²) >= 11 is 5.90. The smallest absolute Gasteiger partial charge is 0.345 e. The third kappa shape index (κ3) is 3.44. The number of aromatic hydroxyl groups is 1. The lowest BCUT2D eigenvalue weighted by molar-refractivity contribution is 0.340. The summed E-state index contributed by atoms with van der Waals surface area (Å²) in [5.41, 5.74) is 1.90. The first-order chi connectivity index (χ1) is 12.0. The van der Waals surface area contributed by atoms with E-state index in [9.17, 15) is 9.90 Å². The molecule has 2 aromatic carbocycles. The van der Waals surface area contributed by atoms with Gasteiger partial charge in [-0.1, -0.05) is 23.7 Å². The number of H-pyrrole nitrogens is 1. The Kier molecular flexibility index (Phi) is 4.63. The largest absolute Gasteiger partial charge is 0.502 e. The summed E-state index contributed by atoms with van der Waals surface area (Å²) in [6, 6.07) is 12.0. The molecule has 7 heteroatoms. The molecule has 1 heterocycles. The highest BCUT2D eigenvalue weighted by Gasteiger charge is 2.14. The first-order valence-corrected chi connectivity index (χ1v) is 7.72. The molecule has 0 saturated heterocycles. The van der Waals surface area contributed by atoms with Gasteiger partial charge in [0, 0.05) is 16.1 Å². The van der Waals surface area contributed by atoms with Crippen LogP contribution in [0.4, 0.5) is 0 Å². The molecule has 0 saturated carbocycles. The van der Waals surface area contributed by atoms with E-state index in [-0.39, 0.29) is 17.2 Å². The van der Waals surface area contributed by atoms with Gasteiger partial charge in [-0.05, 0) is 30.3 Å². The highest BCUT2D eigenvalue weighted by Crippen LogP contribution is 2.40. The average Bonchev–Trinajstić information content (AvgIpc) is 2.62. The fourth-order valence-corrected chi connectivity index (χ4v) is 2.56. The van der Waals surface area contributed by atoms with E-state index in [4.69, 9.17) is 21.1 Å². The summed E-state index contributed by atoms with van der Waals surface area (Å²) in [5.74, 6) is 0.364. The van der Waals surface area contributed by atoms with Crippen molar-refractivity contribution in [3.63, 3.8) is 0 Å². The summed E-state index contributed by atoms with van der Waals surface area (Å²) in [6.07, 6.45) is 0. The number of phenolic OH excluding ortho intramolecular Hbond substituents is 1. The van der Waals surface area contributed by atoms with E-state index in [1.165, 1.54) is 14.2 Å². The van der Waals surface area contributed by atoms with Crippen LogP contribution in [0.15, 0.2) is 47.3 Å². The van der Waals surface area contributed by atoms with E-state index in [1.807, 2.05) is 0 Å². The molecule has 6 nitrogen and oxygen atoms in total. The topological polar surface area (TPSA) is 84.4 Å². The van der Waals surface area contributed by atoms with Crippen molar-refractivity contribution >= 4 is 11.6 Å². The Morgan fingerprint density at radius 3 is 2.16 bits per heavy atom. The normalized spacial score (nSPS) is 10.5. The molecule has 0 unspecified atom stereocenters. The van der Waals surface area contributed by atoms with Gasteiger partial charge in [-0.25, -0.2) is 4.79 Å². The predicted octanol–water partition coefficient (Wildman–Crippen LogP) is 3.48. The molecular weight excluding hydrogens is 344 g/mol. The van der Waals surface area contributed by atoms with E-state index >= 15 is 0 Å². The number of rotatable bonds is 4. The molecule has 2 N–H and O–H groups in total. The van der Waals surface area contributed by atoms with Gasteiger partial charge in [-0.2, -0.15) is 4.98 Å². The number of hydrogen-bond donors (Lipinski definition) is 2. The molecule has 0 aliphatic heterocycles. The molecule has 1 aromatic heterocycles. The highest BCUT2D eigenvalue weighted by atomic mass is 35.5.